The lowest BCUT2D eigenvalue weighted by molar-refractivity contribution is 0.208. The minimum atomic E-state index is -3.34. The van der Waals surface area contributed by atoms with Crippen molar-refractivity contribution < 1.29 is 13.5 Å². The maximum atomic E-state index is 12.1. The largest absolute Gasteiger partial charge is 0.396 e. The van der Waals surface area contributed by atoms with E-state index in [2.05, 4.69) is 5.32 Å². The first kappa shape index (κ1) is 17.6. The number of nitrogens with zero attached hydrogens (tertiary/aromatic N) is 1. The lowest BCUT2D eigenvalue weighted by Crippen LogP contribution is -2.33. The number of benzene rings is 1. The van der Waals surface area contributed by atoms with E-state index in [0.717, 1.165) is 0 Å². The number of sulfone groups is 1. The summed E-state index contributed by atoms with van der Waals surface area (Å²) in [5.41, 5.74) is 0.380. The first-order valence-corrected chi connectivity index (χ1v) is 8.50. The molecule has 0 radical (unpaired) electrons. The van der Waals surface area contributed by atoms with Gasteiger partial charge in [-0.3, -0.25) is 0 Å². The molecule has 0 saturated carbocycles. The summed E-state index contributed by atoms with van der Waals surface area (Å²) in [6, 6.07) is 7.89. The number of rotatable bonds is 8. The Bertz CT molecular complexity index is 586. The van der Waals surface area contributed by atoms with Gasteiger partial charge in [-0.25, -0.2) is 8.42 Å². The summed E-state index contributed by atoms with van der Waals surface area (Å²) in [7, 11) is -3.34. The van der Waals surface area contributed by atoms with Crippen molar-refractivity contribution in [2.45, 2.75) is 25.2 Å². The molecular weight excluding hydrogens is 288 g/mol. The molecular formula is C15H22N2O3S. The SMILES string of the molecule is CC(C)(CCO)CNCCS(=O)(=O)c1ccc(C#N)cc1. The molecule has 21 heavy (non-hydrogen) atoms. The number of hydrogen-bond acceptors (Lipinski definition) is 5. The molecule has 5 nitrogen and oxygen atoms in total. The molecule has 116 valence electrons. The normalized spacial score (nSPS) is 12.1. The standard InChI is InChI=1S/C15H22N2O3S/c1-15(2,7-9-18)12-17-8-10-21(19,20)14-5-3-13(11-16)4-6-14/h3-6,17-18H,7-10,12H2,1-2H3. The summed E-state index contributed by atoms with van der Waals surface area (Å²) in [6.07, 6.45) is 0.669. The summed E-state index contributed by atoms with van der Waals surface area (Å²) >= 11 is 0. The van der Waals surface area contributed by atoms with Gasteiger partial charge in [-0.05, 0) is 36.1 Å². The maximum absolute atomic E-state index is 12.1. The fraction of sp³-hybridized carbons (Fsp3) is 0.533. The number of hydrogen-bond donors (Lipinski definition) is 2. The second-order valence-electron chi connectivity index (χ2n) is 5.77. The zero-order valence-electron chi connectivity index (χ0n) is 12.5. The summed E-state index contributed by atoms with van der Waals surface area (Å²) in [6.45, 7) is 5.17. The molecule has 0 amide bonds. The maximum Gasteiger partial charge on any atom is 0.179 e. The van der Waals surface area contributed by atoms with Crippen LogP contribution in [0.1, 0.15) is 25.8 Å². The van der Waals surface area contributed by atoms with Crippen LogP contribution in [0.3, 0.4) is 0 Å². The predicted molar refractivity (Wildman–Crippen MR) is 81.6 cm³/mol. The molecule has 0 unspecified atom stereocenters. The smallest absolute Gasteiger partial charge is 0.179 e. The molecule has 0 heterocycles. The van der Waals surface area contributed by atoms with E-state index in [1.54, 1.807) is 0 Å². The van der Waals surface area contributed by atoms with Crippen molar-refractivity contribution >= 4 is 9.84 Å². The topological polar surface area (TPSA) is 90.2 Å². The zero-order valence-corrected chi connectivity index (χ0v) is 13.3. The number of aliphatic hydroxyl groups is 1. The molecule has 0 spiro atoms. The fourth-order valence-electron chi connectivity index (χ4n) is 1.88. The molecule has 0 fully saturated rings. The van der Waals surface area contributed by atoms with Crippen LogP contribution in [-0.4, -0.2) is 39.0 Å². The van der Waals surface area contributed by atoms with E-state index < -0.39 is 9.84 Å². The molecule has 0 bridgehead atoms. The lowest BCUT2D eigenvalue weighted by Gasteiger charge is -2.23. The van der Waals surface area contributed by atoms with Crippen molar-refractivity contribution in [1.82, 2.24) is 5.32 Å². The van der Waals surface area contributed by atoms with Gasteiger partial charge >= 0.3 is 0 Å². The monoisotopic (exact) mass is 310 g/mol. The quantitative estimate of drug-likeness (QED) is 0.707. The Hall–Kier alpha value is -1.42. The van der Waals surface area contributed by atoms with Gasteiger partial charge in [0.25, 0.3) is 0 Å². The molecule has 2 N–H and O–H groups in total. The molecule has 1 aromatic rings. The van der Waals surface area contributed by atoms with Gasteiger partial charge in [0.05, 0.1) is 22.3 Å². The van der Waals surface area contributed by atoms with Crippen LogP contribution < -0.4 is 5.32 Å². The van der Waals surface area contributed by atoms with Crippen LogP contribution >= 0.6 is 0 Å². The second-order valence-corrected chi connectivity index (χ2v) is 7.88. The summed E-state index contributed by atoms with van der Waals surface area (Å²) in [5.74, 6) is 0.00804. The van der Waals surface area contributed by atoms with E-state index in [1.165, 1.54) is 24.3 Å². The Morgan fingerprint density at radius 2 is 1.90 bits per heavy atom. The Kier molecular flexibility index (Phi) is 6.34. The van der Waals surface area contributed by atoms with Crippen LogP contribution in [0, 0.1) is 16.7 Å². The Labute approximate surface area is 126 Å². The molecule has 6 heteroatoms. The van der Waals surface area contributed by atoms with Gasteiger partial charge in [-0.2, -0.15) is 5.26 Å². The van der Waals surface area contributed by atoms with Crippen molar-refractivity contribution in [2.75, 3.05) is 25.4 Å². The van der Waals surface area contributed by atoms with Gasteiger partial charge in [0, 0.05) is 19.7 Å². The highest BCUT2D eigenvalue weighted by atomic mass is 32.2. The van der Waals surface area contributed by atoms with Crippen molar-refractivity contribution in [3.63, 3.8) is 0 Å². The highest BCUT2D eigenvalue weighted by Crippen LogP contribution is 2.18. The third-order valence-electron chi connectivity index (χ3n) is 3.28. The van der Waals surface area contributed by atoms with E-state index in [0.29, 0.717) is 25.1 Å². The number of nitrogens with one attached hydrogen (secondary N) is 1. The molecule has 0 atom stereocenters. The lowest BCUT2D eigenvalue weighted by atomic mass is 9.90. The summed E-state index contributed by atoms with van der Waals surface area (Å²) in [5, 5.41) is 20.7. The average molecular weight is 310 g/mol. The van der Waals surface area contributed by atoms with Gasteiger partial charge in [0.1, 0.15) is 0 Å². The fourth-order valence-corrected chi connectivity index (χ4v) is 3.08. The zero-order chi connectivity index (χ0) is 15.9. The van der Waals surface area contributed by atoms with Gasteiger partial charge in [0.15, 0.2) is 9.84 Å². The Morgan fingerprint density at radius 3 is 2.43 bits per heavy atom. The van der Waals surface area contributed by atoms with Crippen LogP contribution in [-0.2, 0) is 9.84 Å². The van der Waals surface area contributed by atoms with Crippen LogP contribution in [0.4, 0.5) is 0 Å². The molecule has 0 aromatic heterocycles. The van der Waals surface area contributed by atoms with Crippen LogP contribution in [0.25, 0.3) is 0 Å². The van der Waals surface area contributed by atoms with Crippen molar-refractivity contribution in [2.24, 2.45) is 5.41 Å². The van der Waals surface area contributed by atoms with Crippen molar-refractivity contribution in [1.29, 1.82) is 5.26 Å². The molecule has 0 aliphatic carbocycles. The first-order valence-electron chi connectivity index (χ1n) is 6.85. The van der Waals surface area contributed by atoms with Gasteiger partial charge in [-0.15, -0.1) is 0 Å². The number of nitriles is 1. The summed E-state index contributed by atoms with van der Waals surface area (Å²) in [4.78, 5) is 0.234. The van der Waals surface area contributed by atoms with Gasteiger partial charge < -0.3 is 10.4 Å². The first-order chi connectivity index (χ1) is 9.80. The van der Waals surface area contributed by atoms with Crippen LogP contribution in [0.15, 0.2) is 29.2 Å². The molecule has 0 aliphatic rings. The average Bonchev–Trinajstić information content (AvgIpc) is 2.44. The van der Waals surface area contributed by atoms with E-state index in [9.17, 15) is 8.42 Å². The Balaban J connectivity index is 2.52. The molecule has 0 saturated heterocycles. The highest BCUT2D eigenvalue weighted by Gasteiger charge is 2.18. The van der Waals surface area contributed by atoms with Crippen LogP contribution in [0.2, 0.25) is 0 Å². The number of aliphatic hydroxyl groups excluding tert-OH is 1. The van der Waals surface area contributed by atoms with E-state index >= 15 is 0 Å². The highest BCUT2D eigenvalue weighted by molar-refractivity contribution is 7.91. The second kappa shape index (κ2) is 7.55. The molecule has 0 aliphatic heterocycles. The minimum absolute atomic E-state index is 0.00804. The van der Waals surface area contributed by atoms with Crippen molar-refractivity contribution in [3.8, 4) is 6.07 Å². The van der Waals surface area contributed by atoms with Crippen molar-refractivity contribution in [3.05, 3.63) is 29.8 Å². The van der Waals surface area contributed by atoms with E-state index in [4.69, 9.17) is 10.4 Å². The summed E-state index contributed by atoms with van der Waals surface area (Å²) < 4.78 is 24.2. The van der Waals surface area contributed by atoms with E-state index in [-0.39, 0.29) is 22.7 Å². The van der Waals surface area contributed by atoms with Crippen LogP contribution in [0.5, 0.6) is 0 Å². The Morgan fingerprint density at radius 1 is 1.29 bits per heavy atom. The third-order valence-corrected chi connectivity index (χ3v) is 5.01. The minimum Gasteiger partial charge on any atom is -0.396 e. The van der Waals surface area contributed by atoms with E-state index in [1.807, 2.05) is 19.9 Å². The third kappa shape index (κ3) is 5.84. The molecule has 1 aromatic carbocycles. The van der Waals surface area contributed by atoms with Gasteiger partial charge in [0.2, 0.25) is 0 Å². The molecule has 1 rings (SSSR count). The predicted octanol–water partition coefficient (Wildman–Crippen LogP) is 1.33. The van der Waals surface area contributed by atoms with Gasteiger partial charge in [-0.1, -0.05) is 13.8 Å².